The first kappa shape index (κ1) is 59.0. The molecule has 82 heavy (non-hydrogen) atoms. The number of aromatic carboxylic acids is 3. The lowest BCUT2D eigenvalue weighted by Gasteiger charge is -2.13. The average Bonchev–Trinajstić information content (AvgIpc) is 3.62. The van der Waals surface area contributed by atoms with Gasteiger partial charge in [0.25, 0.3) is 0 Å². The average molecular weight is 1140 g/mol. The molecule has 0 bridgehead atoms. The van der Waals surface area contributed by atoms with Crippen LogP contribution < -0.4 is 30.2 Å². The number of halogens is 9. The number of ether oxygens (including phenoxy) is 3. The summed E-state index contributed by atoms with van der Waals surface area (Å²) in [5.74, 6) is -9.47. The van der Waals surface area contributed by atoms with E-state index < -0.39 is 82.0 Å². The van der Waals surface area contributed by atoms with Gasteiger partial charge in [-0.3, -0.25) is 0 Å². The Morgan fingerprint density at radius 2 is 0.744 bits per heavy atom. The van der Waals surface area contributed by atoms with Crippen LogP contribution in [0.2, 0.25) is 0 Å². The van der Waals surface area contributed by atoms with Crippen LogP contribution in [0.5, 0.6) is 17.2 Å². The number of benzene rings is 6. The molecule has 3 heterocycles. The molecule has 24 heteroatoms. The van der Waals surface area contributed by atoms with Crippen LogP contribution in [-0.4, -0.2) is 68.3 Å². The van der Waals surface area contributed by atoms with Gasteiger partial charge in [0.15, 0.2) is 0 Å². The molecule has 15 nitrogen and oxygen atoms in total. The van der Waals surface area contributed by atoms with E-state index in [-0.39, 0.29) is 45.3 Å². The maximum absolute atomic E-state index is 14.6. The molecule has 0 unspecified atom stereocenters. The summed E-state index contributed by atoms with van der Waals surface area (Å²) in [7, 11) is 1.50. The number of pyridine rings is 3. The Kier molecular flexibility index (Phi) is 19.0. The molecule has 6 aromatic carbocycles. The molecule has 0 radical (unpaired) electrons. The molecule has 0 aliphatic carbocycles. The second-order valence-electron chi connectivity index (χ2n) is 16.7. The van der Waals surface area contributed by atoms with Crippen LogP contribution in [0.15, 0.2) is 164 Å². The topological polar surface area (TPSA) is 214 Å². The number of carboxylic acid groups (broad SMARTS) is 3. The van der Waals surface area contributed by atoms with Crippen molar-refractivity contribution in [2.24, 2.45) is 0 Å². The van der Waals surface area contributed by atoms with Gasteiger partial charge in [-0.05, 0) is 149 Å². The summed E-state index contributed by atoms with van der Waals surface area (Å²) >= 11 is 0. The van der Waals surface area contributed by atoms with Crippen LogP contribution in [0, 0.1) is 34.9 Å². The first-order chi connectivity index (χ1) is 39.1. The summed E-state index contributed by atoms with van der Waals surface area (Å²) in [5.41, 5.74) is -0.415. The molecule has 0 aliphatic rings. The molecule has 3 aromatic heterocycles. The van der Waals surface area contributed by atoms with E-state index in [1.165, 1.54) is 86.4 Å². The lowest BCUT2D eigenvalue weighted by molar-refractivity contribution is -0.274. The molecule has 0 saturated heterocycles. The minimum Gasteiger partial charge on any atom is -0.497 e. The van der Waals surface area contributed by atoms with Gasteiger partial charge < -0.3 is 45.5 Å². The maximum atomic E-state index is 14.6. The van der Waals surface area contributed by atoms with Gasteiger partial charge in [0.05, 0.1) is 13.7 Å². The van der Waals surface area contributed by atoms with E-state index in [9.17, 15) is 53.9 Å². The zero-order valence-corrected chi connectivity index (χ0v) is 42.3. The highest BCUT2D eigenvalue weighted by molar-refractivity contribution is 5.95. The Morgan fingerprint density at radius 1 is 0.439 bits per heavy atom. The molecular formula is C58H41F9N6O9. The third-order valence-electron chi connectivity index (χ3n) is 11.3. The number of carbonyl (C=O) groups is 3. The summed E-state index contributed by atoms with van der Waals surface area (Å²) < 4.78 is 138. The number of aromatic nitrogens is 3. The minimum atomic E-state index is -4.91. The third kappa shape index (κ3) is 15.1. The molecule has 0 fully saturated rings. The van der Waals surface area contributed by atoms with Crippen molar-refractivity contribution in [3.63, 3.8) is 0 Å². The minimum absolute atomic E-state index is 0.0438. The van der Waals surface area contributed by atoms with E-state index in [1.54, 1.807) is 48.5 Å². The molecule has 0 spiro atoms. The van der Waals surface area contributed by atoms with E-state index in [4.69, 9.17) is 24.8 Å². The zero-order chi connectivity index (χ0) is 59.3. The van der Waals surface area contributed by atoms with Gasteiger partial charge in [0.1, 0.15) is 103 Å². The van der Waals surface area contributed by atoms with Crippen molar-refractivity contribution in [3.05, 3.63) is 216 Å². The van der Waals surface area contributed by atoms with Crippen LogP contribution in [0.25, 0.3) is 33.4 Å². The molecule has 9 rings (SSSR count). The van der Waals surface area contributed by atoms with E-state index >= 15 is 0 Å². The van der Waals surface area contributed by atoms with Crippen LogP contribution in [-0.2, 0) is 0 Å². The predicted octanol–water partition coefficient (Wildman–Crippen LogP) is 14.7. The number of hydrogen-bond acceptors (Lipinski definition) is 12. The smallest absolute Gasteiger partial charge is 0.497 e. The highest BCUT2D eigenvalue weighted by Crippen LogP contribution is 2.36. The van der Waals surface area contributed by atoms with Gasteiger partial charge in [-0.25, -0.2) is 55.7 Å². The molecule has 6 N–H and O–H groups in total. The van der Waals surface area contributed by atoms with Crippen molar-refractivity contribution in [1.82, 2.24) is 15.0 Å². The number of alkyl halides is 3. The molecule has 420 valence electrons. The summed E-state index contributed by atoms with van der Waals surface area (Å²) in [6, 6.07) is 32.7. The van der Waals surface area contributed by atoms with Gasteiger partial charge >= 0.3 is 24.3 Å². The van der Waals surface area contributed by atoms with Gasteiger partial charge in [-0.1, -0.05) is 36.4 Å². The number of nitrogens with zero attached hydrogens (tertiary/aromatic N) is 3. The first-order valence-electron chi connectivity index (χ1n) is 23.7. The Morgan fingerprint density at radius 3 is 1.05 bits per heavy atom. The van der Waals surface area contributed by atoms with Crippen LogP contribution in [0.1, 0.15) is 38.0 Å². The van der Waals surface area contributed by atoms with Crippen molar-refractivity contribution in [1.29, 1.82) is 0 Å². The zero-order valence-electron chi connectivity index (χ0n) is 42.3. The fourth-order valence-corrected chi connectivity index (χ4v) is 7.57. The van der Waals surface area contributed by atoms with Crippen LogP contribution >= 0.6 is 0 Å². The van der Waals surface area contributed by atoms with Crippen LogP contribution in [0.3, 0.4) is 0 Å². The number of nitrogens with one attached hydrogen (secondary N) is 3. The molecule has 0 atom stereocenters. The standard InChI is InChI=1S/C20H16F2N2O3.C19H11F5N2O3.C19H14F2N2O3/c1-2-27-14-6-3-5-12(9-14)13-10-16(21)18(17(22)11-13)24-19-15(20(25)26)7-4-8-23-19;20-14-8-11(10-3-1-4-12(7-10)29-19(22,23)24)9-15(21)16(14)26-17-13(18(27)28)5-2-6-25-17;1-26-13-5-2-4-11(8-13)12-9-15(20)17(16(21)10-12)23-18-14(19(24)25)6-3-7-22-18/h3-11H,2H2,1H3,(H,23,24)(H,25,26);1-9H,(H,25,26)(H,27,28);2-10H,1H3,(H,22,23)(H,24,25). The van der Waals surface area contributed by atoms with Crippen molar-refractivity contribution in [2.45, 2.75) is 13.3 Å². The Hall–Kier alpha value is -10.7. The lowest BCUT2D eigenvalue weighted by Crippen LogP contribution is -2.17. The van der Waals surface area contributed by atoms with E-state index in [2.05, 4.69) is 35.6 Å². The quantitative estimate of drug-likeness (QED) is 0.0497. The van der Waals surface area contributed by atoms with Gasteiger partial charge in [0, 0.05) is 18.6 Å². The molecular weight excluding hydrogens is 1100 g/mol. The fraction of sp³-hybridized carbons (Fsp3) is 0.0690. The molecule has 9 aromatic rings. The van der Waals surface area contributed by atoms with Crippen LogP contribution in [0.4, 0.5) is 74.0 Å². The first-order valence-corrected chi connectivity index (χ1v) is 23.7. The van der Waals surface area contributed by atoms with E-state index in [1.807, 2.05) is 6.92 Å². The number of rotatable bonds is 16. The van der Waals surface area contributed by atoms with Gasteiger partial charge in [0.2, 0.25) is 0 Å². The number of methoxy groups -OCH3 is 1. The Balaban J connectivity index is 0.000000177. The molecule has 0 amide bonds. The highest BCUT2D eigenvalue weighted by atomic mass is 19.4. The maximum Gasteiger partial charge on any atom is 0.573 e. The normalized spacial score (nSPS) is 10.7. The predicted molar refractivity (Wildman–Crippen MR) is 283 cm³/mol. The summed E-state index contributed by atoms with van der Waals surface area (Å²) in [4.78, 5) is 45.1. The largest absolute Gasteiger partial charge is 0.573 e. The van der Waals surface area contributed by atoms with Crippen molar-refractivity contribution < 1.29 is 83.4 Å². The molecule has 0 saturated carbocycles. The highest BCUT2D eigenvalue weighted by Gasteiger charge is 2.31. The second-order valence-corrected chi connectivity index (χ2v) is 16.7. The summed E-state index contributed by atoms with van der Waals surface area (Å²) in [6.45, 7) is 2.32. The van der Waals surface area contributed by atoms with Crippen molar-refractivity contribution in [3.8, 4) is 50.6 Å². The van der Waals surface area contributed by atoms with Gasteiger partial charge in [-0.15, -0.1) is 13.2 Å². The van der Waals surface area contributed by atoms with E-state index in [0.717, 1.165) is 36.4 Å². The van der Waals surface area contributed by atoms with Crippen molar-refractivity contribution >= 4 is 52.4 Å². The molecule has 0 aliphatic heterocycles. The summed E-state index contributed by atoms with van der Waals surface area (Å²) in [5, 5.41) is 34.6. The fourth-order valence-electron chi connectivity index (χ4n) is 7.57. The van der Waals surface area contributed by atoms with Gasteiger partial charge in [-0.2, -0.15) is 0 Å². The Labute approximate surface area is 458 Å². The van der Waals surface area contributed by atoms with Crippen molar-refractivity contribution in [2.75, 3.05) is 29.7 Å². The Bertz CT molecular complexity index is 3750. The SMILES string of the molecule is CCOc1cccc(-c2cc(F)c(Nc3ncccc3C(=O)O)c(F)c2)c1.COc1cccc(-c2cc(F)c(Nc3ncccc3C(=O)O)c(F)c2)c1.O=C(O)c1cccnc1Nc1c(F)cc(-c2cccc(OC(F)(F)F)c2)cc1F. The third-order valence-corrected chi connectivity index (χ3v) is 11.3. The number of anilines is 6. The number of carboxylic acids is 3. The second kappa shape index (κ2) is 26.3. The monoisotopic (exact) mass is 1140 g/mol. The summed E-state index contributed by atoms with van der Waals surface area (Å²) in [6.07, 6.45) is -1.01. The number of hydrogen-bond donors (Lipinski definition) is 6. The van der Waals surface area contributed by atoms with E-state index in [0.29, 0.717) is 40.4 Å². The lowest BCUT2D eigenvalue weighted by atomic mass is 10.0.